The summed E-state index contributed by atoms with van der Waals surface area (Å²) in [4.78, 5) is 16.4. The molecule has 0 aliphatic rings. The lowest BCUT2D eigenvalue weighted by molar-refractivity contribution is -0.192. The molecule has 5 rings (SSSR count). The van der Waals surface area contributed by atoms with Crippen LogP contribution in [0.25, 0.3) is 33.5 Å². The topological polar surface area (TPSA) is 78.0 Å². The van der Waals surface area contributed by atoms with E-state index in [0.717, 1.165) is 41.9 Å². The van der Waals surface area contributed by atoms with E-state index in [9.17, 15) is 26.3 Å². The Morgan fingerprint density at radius 1 is 0.732 bits per heavy atom. The van der Waals surface area contributed by atoms with Gasteiger partial charge in [0.1, 0.15) is 5.82 Å². The summed E-state index contributed by atoms with van der Waals surface area (Å²) < 4.78 is 70.8. The van der Waals surface area contributed by atoms with Gasteiger partial charge in [0.2, 0.25) is 0 Å². The van der Waals surface area contributed by atoms with Gasteiger partial charge in [-0.1, -0.05) is 72.8 Å². The Kier molecular flexibility index (Phi) is 8.77. The number of alkyl halides is 6. The zero-order chi connectivity index (χ0) is 29.6. The molecule has 41 heavy (non-hydrogen) atoms. The van der Waals surface area contributed by atoms with E-state index >= 15 is 0 Å². The number of carboxylic acid groups (broad SMARTS) is 1. The highest BCUT2D eigenvalue weighted by atomic mass is 19.4. The van der Waals surface area contributed by atoms with Gasteiger partial charge in [-0.25, -0.2) is 9.78 Å². The summed E-state index contributed by atoms with van der Waals surface area (Å²) >= 11 is 0. The number of halogens is 6. The molecule has 0 spiro atoms. The smallest absolute Gasteiger partial charge is 0.475 e. The summed E-state index contributed by atoms with van der Waals surface area (Å²) in [5.41, 5.74) is 5.49. The third kappa shape index (κ3) is 7.95. The van der Waals surface area contributed by atoms with E-state index in [1.54, 1.807) is 0 Å². The highest BCUT2D eigenvalue weighted by Gasteiger charge is 2.38. The lowest BCUT2D eigenvalue weighted by atomic mass is 10.0. The van der Waals surface area contributed by atoms with Crippen LogP contribution in [0.5, 0.6) is 0 Å². The molecule has 1 aromatic heterocycles. The quantitative estimate of drug-likeness (QED) is 0.182. The number of fused-ring (bicyclic) bond motifs is 1. The predicted octanol–water partition coefficient (Wildman–Crippen LogP) is 7.84. The van der Waals surface area contributed by atoms with E-state index < -0.39 is 23.9 Å². The number of aromatic amines is 1. The number of nitrogens with one attached hydrogen (secondary N) is 2. The molecule has 0 radical (unpaired) electrons. The molecule has 3 N–H and O–H groups in total. The number of nitrogens with zero attached hydrogens (tertiary/aromatic N) is 1. The Balaban J connectivity index is 0.000000493. The number of imidazole rings is 1. The number of benzene rings is 4. The first kappa shape index (κ1) is 29.3. The molecule has 4 aromatic carbocycles. The molecule has 0 saturated heterocycles. The highest BCUT2D eigenvalue weighted by molar-refractivity contribution is 5.81. The Morgan fingerprint density at radius 3 is 1.95 bits per heavy atom. The van der Waals surface area contributed by atoms with Crippen molar-refractivity contribution in [1.82, 2.24) is 15.3 Å². The van der Waals surface area contributed by atoms with Gasteiger partial charge < -0.3 is 15.4 Å². The maximum atomic E-state index is 13.0. The van der Waals surface area contributed by atoms with Crippen LogP contribution in [0.15, 0.2) is 97.1 Å². The summed E-state index contributed by atoms with van der Waals surface area (Å²) in [6.45, 7) is 1.58. The molecule has 1 heterocycles. The van der Waals surface area contributed by atoms with Crippen LogP contribution in [0, 0.1) is 0 Å². The van der Waals surface area contributed by atoms with Crippen molar-refractivity contribution in [3.05, 3.63) is 114 Å². The summed E-state index contributed by atoms with van der Waals surface area (Å²) in [6.07, 6.45) is -9.47. The molecule has 11 heteroatoms. The van der Waals surface area contributed by atoms with Crippen molar-refractivity contribution < 1.29 is 36.2 Å². The first-order valence-electron chi connectivity index (χ1n) is 12.2. The van der Waals surface area contributed by atoms with E-state index in [1.165, 1.54) is 17.2 Å². The SMILES string of the molecule is FC(F)(F)c1ccc2nc(-c3cccc(-c4ccc(CNCc5ccccc5)cc4)c3)[nH]c2c1.O=C(O)C(F)(F)F. The second-order valence-electron chi connectivity index (χ2n) is 8.98. The van der Waals surface area contributed by atoms with Crippen LogP contribution in [0.4, 0.5) is 26.3 Å². The molecule has 5 nitrogen and oxygen atoms in total. The van der Waals surface area contributed by atoms with E-state index in [1.807, 2.05) is 42.5 Å². The predicted molar refractivity (Wildman–Crippen MR) is 143 cm³/mol. The fourth-order valence-electron chi connectivity index (χ4n) is 3.93. The van der Waals surface area contributed by atoms with Crippen LogP contribution < -0.4 is 5.32 Å². The molecule has 0 saturated carbocycles. The summed E-state index contributed by atoms with van der Waals surface area (Å²) in [5, 5.41) is 10.6. The van der Waals surface area contributed by atoms with Crippen LogP contribution in [-0.4, -0.2) is 27.2 Å². The first-order valence-corrected chi connectivity index (χ1v) is 12.2. The third-order valence-corrected chi connectivity index (χ3v) is 5.98. The van der Waals surface area contributed by atoms with Crippen molar-refractivity contribution in [2.24, 2.45) is 0 Å². The van der Waals surface area contributed by atoms with Gasteiger partial charge in [0.15, 0.2) is 0 Å². The summed E-state index contributed by atoms with van der Waals surface area (Å²) in [6, 6.07) is 30.0. The van der Waals surface area contributed by atoms with Crippen molar-refractivity contribution in [1.29, 1.82) is 0 Å². The minimum absolute atomic E-state index is 0.364. The van der Waals surface area contributed by atoms with Gasteiger partial charge in [0.25, 0.3) is 0 Å². The number of hydrogen-bond donors (Lipinski definition) is 3. The van der Waals surface area contributed by atoms with Crippen molar-refractivity contribution >= 4 is 17.0 Å². The molecule has 5 aromatic rings. The minimum atomic E-state index is -5.08. The van der Waals surface area contributed by atoms with Crippen molar-refractivity contribution in [3.8, 4) is 22.5 Å². The standard InChI is InChI=1S/C28H22F3N3.C2HF3O2/c29-28(30,31)24-13-14-25-26(16-24)34-27(33-25)23-8-4-7-22(15-23)21-11-9-20(10-12-21)18-32-17-19-5-2-1-3-6-19;3-2(4,5)1(6)7/h1-16,32H,17-18H2,(H,33,34);(H,6,7). The van der Waals surface area contributed by atoms with Gasteiger partial charge in [0.05, 0.1) is 16.6 Å². The maximum absolute atomic E-state index is 13.0. The van der Waals surface area contributed by atoms with Crippen LogP contribution >= 0.6 is 0 Å². The third-order valence-electron chi connectivity index (χ3n) is 5.98. The van der Waals surface area contributed by atoms with Crippen molar-refractivity contribution in [2.75, 3.05) is 0 Å². The van der Waals surface area contributed by atoms with E-state index in [-0.39, 0.29) is 0 Å². The average Bonchev–Trinajstić information content (AvgIpc) is 3.37. The van der Waals surface area contributed by atoms with Gasteiger partial charge in [-0.05, 0) is 46.5 Å². The largest absolute Gasteiger partial charge is 0.490 e. The van der Waals surface area contributed by atoms with Crippen LogP contribution in [0.3, 0.4) is 0 Å². The zero-order valence-electron chi connectivity index (χ0n) is 21.2. The number of aliphatic carboxylic acids is 1. The molecule has 0 aliphatic heterocycles. The molecule has 0 fully saturated rings. The molecule has 212 valence electrons. The summed E-state index contributed by atoms with van der Waals surface area (Å²) in [5.74, 6) is -2.22. The van der Waals surface area contributed by atoms with Crippen molar-refractivity contribution in [2.45, 2.75) is 25.4 Å². The lowest BCUT2D eigenvalue weighted by Gasteiger charge is -2.08. The molecular formula is C30H23F6N3O2. The normalized spacial score (nSPS) is 11.7. The Bertz CT molecular complexity index is 1610. The van der Waals surface area contributed by atoms with Crippen molar-refractivity contribution in [3.63, 3.8) is 0 Å². The fraction of sp³-hybridized carbons (Fsp3) is 0.133. The maximum Gasteiger partial charge on any atom is 0.490 e. The number of H-pyrrole nitrogens is 1. The molecule has 0 amide bonds. The fourth-order valence-corrected chi connectivity index (χ4v) is 3.93. The van der Waals surface area contributed by atoms with Crippen LogP contribution in [0.2, 0.25) is 0 Å². The van der Waals surface area contributed by atoms with Gasteiger partial charge in [0, 0.05) is 18.7 Å². The van der Waals surface area contributed by atoms with Crippen LogP contribution in [-0.2, 0) is 24.1 Å². The minimum Gasteiger partial charge on any atom is -0.475 e. The Morgan fingerprint density at radius 2 is 1.34 bits per heavy atom. The monoisotopic (exact) mass is 571 g/mol. The number of hydrogen-bond acceptors (Lipinski definition) is 3. The Hall–Kier alpha value is -4.64. The van der Waals surface area contributed by atoms with E-state index in [4.69, 9.17) is 9.90 Å². The molecule has 0 aliphatic carbocycles. The molecule has 0 unspecified atom stereocenters. The molecule has 0 bridgehead atoms. The van der Waals surface area contributed by atoms with Gasteiger partial charge in [-0.3, -0.25) is 0 Å². The molecular weight excluding hydrogens is 548 g/mol. The second kappa shape index (κ2) is 12.3. The lowest BCUT2D eigenvalue weighted by Crippen LogP contribution is -2.21. The zero-order valence-corrected chi connectivity index (χ0v) is 21.2. The Labute approximate surface area is 230 Å². The number of carbonyl (C=O) groups is 1. The average molecular weight is 572 g/mol. The second-order valence-corrected chi connectivity index (χ2v) is 8.98. The number of carboxylic acids is 1. The molecule has 0 atom stereocenters. The van der Waals surface area contributed by atoms with E-state index in [2.05, 4.69) is 51.7 Å². The first-order chi connectivity index (χ1) is 19.4. The summed E-state index contributed by atoms with van der Waals surface area (Å²) in [7, 11) is 0. The van der Waals surface area contributed by atoms with Gasteiger partial charge >= 0.3 is 18.3 Å². The highest BCUT2D eigenvalue weighted by Crippen LogP contribution is 2.32. The van der Waals surface area contributed by atoms with Gasteiger partial charge in [-0.15, -0.1) is 0 Å². The number of rotatable bonds is 6. The van der Waals surface area contributed by atoms with Crippen LogP contribution in [0.1, 0.15) is 16.7 Å². The van der Waals surface area contributed by atoms with E-state index in [0.29, 0.717) is 16.9 Å². The van der Waals surface area contributed by atoms with Gasteiger partial charge in [-0.2, -0.15) is 26.3 Å². The number of aromatic nitrogens is 2.